The van der Waals surface area contributed by atoms with Crippen molar-refractivity contribution in [2.45, 2.75) is 86.5 Å². The molecule has 2 fully saturated rings. The van der Waals surface area contributed by atoms with Crippen LogP contribution < -0.4 is 0 Å². The van der Waals surface area contributed by atoms with E-state index >= 15 is 0 Å². The van der Waals surface area contributed by atoms with Gasteiger partial charge in [0.2, 0.25) is 0 Å². The first-order valence-electron chi connectivity index (χ1n) is 9.29. The number of hydrogen-bond donors (Lipinski definition) is 1. The van der Waals surface area contributed by atoms with Gasteiger partial charge in [0.05, 0.1) is 6.26 Å². The molecule has 0 aromatic heterocycles. The summed E-state index contributed by atoms with van der Waals surface area (Å²) >= 11 is 0. The molecular weight excluding hydrogens is 268 g/mol. The van der Waals surface area contributed by atoms with Crippen LogP contribution in [0, 0.1) is 22.7 Å². The van der Waals surface area contributed by atoms with Crippen LogP contribution in [-0.2, 0) is 0 Å². The molecule has 3 atom stereocenters. The Hall–Kier alpha value is -0.720. The zero-order valence-electron chi connectivity index (χ0n) is 15.8. The topological polar surface area (TPSA) is 20.2 Å². The van der Waals surface area contributed by atoms with Crippen LogP contribution in [0.2, 0.25) is 0 Å². The summed E-state index contributed by atoms with van der Waals surface area (Å²) in [5.41, 5.74) is 3.46. The third kappa shape index (κ3) is 3.78. The van der Waals surface area contributed by atoms with Gasteiger partial charge in [-0.3, -0.25) is 0 Å². The standard InChI is InChI=1S/C19H32O.C2H6/c1-14(13-20)7-9-16-15(2)8-10-17-18(3,4)11-6-12-19(16,17)5;1-2/h13,16-17,20H,2,6-12H2,1,3-5H3;1-2H3/b14-13+;. The van der Waals surface area contributed by atoms with Crippen LogP contribution in [-0.4, -0.2) is 5.11 Å². The van der Waals surface area contributed by atoms with Crippen molar-refractivity contribution >= 4 is 0 Å². The molecule has 2 rings (SSSR count). The number of aliphatic hydroxyl groups excluding tert-OH is 1. The predicted octanol–water partition coefficient (Wildman–Crippen LogP) is 7.05. The lowest BCUT2D eigenvalue weighted by Gasteiger charge is -2.58. The van der Waals surface area contributed by atoms with Gasteiger partial charge in [0.15, 0.2) is 0 Å². The number of aliphatic hydroxyl groups is 1. The maximum Gasteiger partial charge on any atom is 0.0780 e. The minimum atomic E-state index is 0.423. The van der Waals surface area contributed by atoms with Gasteiger partial charge < -0.3 is 5.11 Å². The molecule has 2 aliphatic rings. The average Bonchev–Trinajstić information content (AvgIpc) is 2.47. The molecule has 1 nitrogen and oxygen atoms in total. The van der Waals surface area contributed by atoms with E-state index in [1.165, 1.54) is 43.9 Å². The molecule has 1 N–H and O–H groups in total. The summed E-state index contributed by atoms with van der Waals surface area (Å²) < 4.78 is 0. The van der Waals surface area contributed by atoms with Crippen molar-refractivity contribution in [3.63, 3.8) is 0 Å². The zero-order valence-corrected chi connectivity index (χ0v) is 15.8. The van der Waals surface area contributed by atoms with Crippen molar-refractivity contribution in [2.24, 2.45) is 22.7 Å². The fourth-order valence-corrected chi connectivity index (χ4v) is 5.24. The summed E-state index contributed by atoms with van der Waals surface area (Å²) in [5.74, 6) is 1.47. The van der Waals surface area contributed by atoms with Gasteiger partial charge in [-0.15, -0.1) is 0 Å². The summed E-state index contributed by atoms with van der Waals surface area (Å²) in [7, 11) is 0. The van der Waals surface area contributed by atoms with Crippen molar-refractivity contribution in [1.29, 1.82) is 0 Å². The normalized spacial score (nSPS) is 34.5. The van der Waals surface area contributed by atoms with E-state index in [2.05, 4.69) is 27.4 Å². The molecule has 0 radical (unpaired) electrons. The summed E-state index contributed by atoms with van der Waals surface area (Å²) in [6.07, 6.45) is 10.1. The van der Waals surface area contributed by atoms with E-state index < -0.39 is 0 Å². The van der Waals surface area contributed by atoms with Crippen molar-refractivity contribution in [1.82, 2.24) is 0 Å². The van der Waals surface area contributed by atoms with Crippen molar-refractivity contribution in [2.75, 3.05) is 0 Å². The van der Waals surface area contributed by atoms with Crippen molar-refractivity contribution in [3.8, 4) is 0 Å². The zero-order chi connectivity index (χ0) is 17.0. The Morgan fingerprint density at radius 2 is 1.91 bits per heavy atom. The van der Waals surface area contributed by atoms with Gasteiger partial charge in [-0.1, -0.05) is 53.2 Å². The van der Waals surface area contributed by atoms with E-state index in [9.17, 15) is 0 Å². The second-order valence-electron chi connectivity index (χ2n) is 8.16. The third-order valence-corrected chi connectivity index (χ3v) is 6.37. The molecule has 0 aromatic rings. The molecule has 22 heavy (non-hydrogen) atoms. The fraction of sp³-hybridized carbons (Fsp3) is 0.810. The summed E-state index contributed by atoms with van der Waals surface area (Å²) in [5, 5.41) is 9.13. The van der Waals surface area contributed by atoms with E-state index in [-0.39, 0.29) is 0 Å². The number of allylic oxidation sites excluding steroid dienone is 2. The molecule has 0 spiro atoms. The maximum atomic E-state index is 9.13. The Kier molecular flexibility index (Phi) is 6.77. The SMILES string of the molecule is C=C1CCC2C(C)(C)CCCC2(C)C1CC/C(C)=C/O.CC. The Balaban J connectivity index is 0.00000116. The molecule has 2 aliphatic carbocycles. The Labute approximate surface area is 138 Å². The molecule has 0 bridgehead atoms. The van der Waals surface area contributed by atoms with Crippen LogP contribution >= 0.6 is 0 Å². The predicted molar refractivity (Wildman–Crippen MR) is 98.1 cm³/mol. The largest absolute Gasteiger partial charge is 0.516 e. The quantitative estimate of drug-likeness (QED) is 0.437. The van der Waals surface area contributed by atoms with Crippen molar-refractivity contribution < 1.29 is 5.11 Å². The van der Waals surface area contributed by atoms with Gasteiger partial charge in [-0.05, 0) is 73.7 Å². The summed E-state index contributed by atoms with van der Waals surface area (Å²) in [6.45, 7) is 17.9. The molecule has 0 amide bonds. The van der Waals surface area contributed by atoms with Crippen molar-refractivity contribution in [3.05, 3.63) is 24.0 Å². The van der Waals surface area contributed by atoms with Gasteiger partial charge in [0.1, 0.15) is 0 Å². The van der Waals surface area contributed by atoms with Gasteiger partial charge in [-0.2, -0.15) is 0 Å². The smallest absolute Gasteiger partial charge is 0.0780 e. The highest BCUT2D eigenvalue weighted by atomic mass is 16.2. The van der Waals surface area contributed by atoms with Crippen LogP contribution in [0.1, 0.15) is 86.5 Å². The van der Waals surface area contributed by atoms with E-state index in [1.807, 2.05) is 20.8 Å². The Morgan fingerprint density at radius 1 is 1.27 bits per heavy atom. The van der Waals surface area contributed by atoms with E-state index in [0.29, 0.717) is 16.7 Å². The van der Waals surface area contributed by atoms with E-state index in [4.69, 9.17) is 5.11 Å². The highest BCUT2D eigenvalue weighted by molar-refractivity contribution is 5.16. The molecule has 0 heterocycles. The van der Waals surface area contributed by atoms with Gasteiger partial charge in [0.25, 0.3) is 0 Å². The molecule has 2 saturated carbocycles. The minimum Gasteiger partial charge on any atom is -0.516 e. The third-order valence-electron chi connectivity index (χ3n) is 6.37. The summed E-state index contributed by atoms with van der Waals surface area (Å²) in [4.78, 5) is 0. The molecular formula is C21H38O. The van der Waals surface area contributed by atoms with Crippen LogP contribution in [0.15, 0.2) is 24.0 Å². The first-order chi connectivity index (χ1) is 10.3. The second kappa shape index (κ2) is 7.70. The minimum absolute atomic E-state index is 0.423. The summed E-state index contributed by atoms with van der Waals surface area (Å²) in [6, 6.07) is 0. The van der Waals surface area contributed by atoms with Crippen LogP contribution in [0.25, 0.3) is 0 Å². The molecule has 0 saturated heterocycles. The van der Waals surface area contributed by atoms with E-state index in [0.717, 1.165) is 24.3 Å². The Morgan fingerprint density at radius 3 is 2.50 bits per heavy atom. The van der Waals surface area contributed by atoms with E-state index in [1.54, 1.807) is 0 Å². The molecule has 128 valence electrons. The highest BCUT2D eigenvalue weighted by Gasteiger charge is 2.52. The Bertz CT molecular complexity index is 404. The van der Waals surface area contributed by atoms with Gasteiger partial charge in [0, 0.05) is 0 Å². The number of fused-ring (bicyclic) bond motifs is 1. The number of hydrogen-bond acceptors (Lipinski definition) is 1. The lowest BCUT2D eigenvalue weighted by molar-refractivity contribution is -0.0539. The lowest BCUT2D eigenvalue weighted by atomic mass is 9.47. The van der Waals surface area contributed by atoms with Crippen LogP contribution in [0.5, 0.6) is 0 Å². The fourth-order valence-electron chi connectivity index (χ4n) is 5.24. The monoisotopic (exact) mass is 306 g/mol. The first-order valence-corrected chi connectivity index (χ1v) is 9.29. The van der Waals surface area contributed by atoms with Crippen LogP contribution in [0.4, 0.5) is 0 Å². The van der Waals surface area contributed by atoms with Crippen LogP contribution in [0.3, 0.4) is 0 Å². The second-order valence-corrected chi connectivity index (χ2v) is 8.16. The molecule has 0 aliphatic heterocycles. The van der Waals surface area contributed by atoms with Gasteiger partial charge in [-0.25, -0.2) is 0 Å². The molecule has 1 heteroatoms. The number of rotatable bonds is 3. The molecule has 0 aromatic carbocycles. The lowest BCUT2D eigenvalue weighted by Crippen LogP contribution is -2.49. The average molecular weight is 307 g/mol. The molecule has 3 unspecified atom stereocenters. The highest BCUT2D eigenvalue weighted by Crippen LogP contribution is 2.61. The maximum absolute atomic E-state index is 9.13. The first kappa shape index (κ1) is 19.3. The van der Waals surface area contributed by atoms with Gasteiger partial charge >= 0.3 is 0 Å².